The van der Waals surface area contributed by atoms with Crippen LogP contribution in [0.3, 0.4) is 0 Å². The summed E-state index contributed by atoms with van der Waals surface area (Å²) in [5.41, 5.74) is 0. The number of hydrogen-bond donors (Lipinski definition) is 0. The van der Waals surface area contributed by atoms with Gasteiger partial charge in [0.05, 0.1) is 0 Å². The smallest absolute Gasteiger partial charge is 0.00238 e. The van der Waals surface area contributed by atoms with Crippen LogP contribution in [0.4, 0.5) is 0 Å². The van der Waals surface area contributed by atoms with Crippen molar-refractivity contribution in [3.8, 4) is 0 Å². The molecule has 3 unspecified atom stereocenters. The summed E-state index contributed by atoms with van der Waals surface area (Å²) in [5, 5.41) is 0. The maximum atomic E-state index is 2.54. The van der Waals surface area contributed by atoms with Crippen LogP contribution in [0.15, 0.2) is 0 Å². The van der Waals surface area contributed by atoms with E-state index >= 15 is 0 Å². The molecular formula is C8H13I. The summed E-state index contributed by atoms with van der Waals surface area (Å²) in [6, 6.07) is 0. The highest BCUT2D eigenvalue weighted by Crippen LogP contribution is 2.51. The average Bonchev–Trinajstić information content (AvgIpc) is 2.64. The van der Waals surface area contributed by atoms with Gasteiger partial charge in [-0.15, -0.1) is 0 Å². The molecule has 52 valence electrons. The summed E-state index contributed by atoms with van der Waals surface area (Å²) in [5.74, 6) is 3.46. The molecule has 0 N–H and O–H groups in total. The molecule has 0 spiro atoms. The summed E-state index contributed by atoms with van der Waals surface area (Å²) in [6.45, 7) is 0. The quantitative estimate of drug-likeness (QED) is 0.485. The van der Waals surface area contributed by atoms with E-state index in [1.54, 1.807) is 19.3 Å². The van der Waals surface area contributed by atoms with Crippen molar-refractivity contribution in [3.63, 3.8) is 0 Å². The first-order valence-corrected chi connectivity index (χ1v) is 5.48. The second-order valence-electron chi connectivity index (χ2n) is 3.59. The van der Waals surface area contributed by atoms with Gasteiger partial charge < -0.3 is 0 Å². The highest BCUT2D eigenvalue weighted by molar-refractivity contribution is 14.1. The molecule has 2 fully saturated rings. The molecule has 3 atom stereocenters. The molecule has 0 aromatic rings. The predicted octanol–water partition coefficient (Wildman–Crippen LogP) is 2.86. The summed E-state index contributed by atoms with van der Waals surface area (Å²) in [4.78, 5) is 0. The number of hydrogen-bond acceptors (Lipinski definition) is 0. The zero-order chi connectivity index (χ0) is 6.27. The molecule has 1 heteroatoms. The minimum Gasteiger partial charge on any atom is -0.0861 e. The fraction of sp³-hybridized carbons (Fsp3) is 1.00. The lowest BCUT2D eigenvalue weighted by Gasteiger charge is -2.17. The molecule has 0 aromatic carbocycles. The van der Waals surface area contributed by atoms with E-state index < -0.39 is 0 Å². The van der Waals surface area contributed by atoms with Gasteiger partial charge >= 0.3 is 0 Å². The van der Waals surface area contributed by atoms with Crippen molar-refractivity contribution in [2.24, 2.45) is 17.8 Å². The zero-order valence-corrected chi connectivity index (χ0v) is 7.80. The Morgan fingerprint density at radius 3 is 2.67 bits per heavy atom. The van der Waals surface area contributed by atoms with Crippen LogP contribution in [-0.4, -0.2) is 4.43 Å². The maximum Gasteiger partial charge on any atom is 0.00238 e. The first-order chi connectivity index (χ1) is 4.40. The Morgan fingerprint density at radius 1 is 1.11 bits per heavy atom. The van der Waals surface area contributed by atoms with Crippen molar-refractivity contribution in [1.29, 1.82) is 0 Å². The number of rotatable bonds is 1. The number of alkyl halides is 1. The molecule has 0 bridgehead atoms. The largest absolute Gasteiger partial charge is 0.0861 e. The van der Waals surface area contributed by atoms with Gasteiger partial charge in [-0.05, 0) is 43.4 Å². The number of fused-ring (bicyclic) bond motifs is 1. The van der Waals surface area contributed by atoms with Gasteiger partial charge in [-0.3, -0.25) is 0 Å². The fourth-order valence-electron chi connectivity index (χ4n) is 2.09. The van der Waals surface area contributed by atoms with Crippen molar-refractivity contribution in [2.75, 3.05) is 4.43 Å². The molecule has 2 rings (SSSR count). The molecule has 0 amide bonds. The molecule has 2 aliphatic rings. The van der Waals surface area contributed by atoms with Gasteiger partial charge in [0.15, 0.2) is 0 Å². The van der Waals surface area contributed by atoms with Gasteiger partial charge in [0.1, 0.15) is 0 Å². The Balaban J connectivity index is 1.86. The highest BCUT2D eigenvalue weighted by Gasteiger charge is 2.41. The Labute approximate surface area is 70.5 Å². The number of halogens is 1. The third kappa shape index (κ3) is 1.26. The molecule has 0 heterocycles. The van der Waals surface area contributed by atoms with Gasteiger partial charge in [-0.1, -0.05) is 22.6 Å². The van der Waals surface area contributed by atoms with Crippen LogP contribution in [0.1, 0.15) is 25.7 Å². The lowest BCUT2D eigenvalue weighted by molar-refractivity contribution is 0.377. The van der Waals surface area contributed by atoms with Crippen LogP contribution < -0.4 is 0 Å². The van der Waals surface area contributed by atoms with Gasteiger partial charge in [-0.25, -0.2) is 0 Å². The Morgan fingerprint density at radius 2 is 2.00 bits per heavy atom. The van der Waals surface area contributed by atoms with E-state index in [2.05, 4.69) is 22.6 Å². The monoisotopic (exact) mass is 236 g/mol. The predicted molar refractivity (Wildman–Crippen MR) is 47.8 cm³/mol. The van der Waals surface area contributed by atoms with Crippen LogP contribution in [-0.2, 0) is 0 Å². The summed E-state index contributed by atoms with van der Waals surface area (Å²) in [7, 11) is 0. The van der Waals surface area contributed by atoms with E-state index in [9.17, 15) is 0 Å². The zero-order valence-electron chi connectivity index (χ0n) is 5.65. The standard InChI is InChI=1S/C8H13I/c9-5-6-1-2-7-4-8(7)3-6/h6-8H,1-5H2. The van der Waals surface area contributed by atoms with Crippen LogP contribution in [0, 0.1) is 17.8 Å². The second-order valence-corrected chi connectivity index (χ2v) is 4.47. The Bertz CT molecular complexity index is 111. The molecule has 2 saturated carbocycles. The van der Waals surface area contributed by atoms with E-state index in [1.165, 1.54) is 22.7 Å². The molecule has 0 nitrogen and oxygen atoms in total. The normalized spacial score (nSPS) is 48.3. The summed E-state index contributed by atoms with van der Waals surface area (Å²) < 4.78 is 1.40. The third-order valence-electron chi connectivity index (χ3n) is 2.87. The van der Waals surface area contributed by atoms with E-state index in [4.69, 9.17) is 0 Å². The van der Waals surface area contributed by atoms with Crippen molar-refractivity contribution in [1.82, 2.24) is 0 Å². The van der Waals surface area contributed by atoms with Gasteiger partial charge in [0, 0.05) is 4.43 Å². The molecular weight excluding hydrogens is 223 g/mol. The Kier molecular flexibility index (Phi) is 1.72. The molecule has 9 heavy (non-hydrogen) atoms. The minimum atomic E-state index is 1.09. The lowest BCUT2D eigenvalue weighted by Crippen LogP contribution is -2.08. The van der Waals surface area contributed by atoms with Gasteiger partial charge in [0.25, 0.3) is 0 Å². The third-order valence-corrected chi connectivity index (χ3v) is 4.11. The topological polar surface area (TPSA) is 0 Å². The van der Waals surface area contributed by atoms with Crippen LogP contribution in [0.2, 0.25) is 0 Å². The highest BCUT2D eigenvalue weighted by atomic mass is 127. The van der Waals surface area contributed by atoms with Crippen molar-refractivity contribution in [3.05, 3.63) is 0 Å². The van der Waals surface area contributed by atoms with Crippen LogP contribution >= 0.6 is 22.6 Å². The van der Waals surface area contributed by atoms with Crippen molar-refractivity contribution >= 4 is 22.6 Å². The van der Waals surface area contributed by atoms with E-state index in [-0.39, 0.29) is 0 Å². The van der Waals surface area contributed by atoms with E-state index in [0.29, 0.717) is 0 Å². The average molecular weight is 236 g/mol. The van der Waals surface area contributed by atoms with Crippen LogP contribution in [0.25, 0.3) is 0 Å². The van der Waals surface area contributed by atoms with Gasteiger partial charge in [-0.2, -0.15) is 0 Å². The maximum absolute atomic E-state index is 2.54. The molecule has 0 saturated heterocycles. The second kappa shape index (κ2) is 2.40. The minimum absolute atomic E-state index is 1.09. The first kappa shape index (κ1) is 6.44. The Hall–Kier alpha value is 0.730. The first-order valence-electron chi connectivity index (χ1n) is 3.96. The molecule has 0 aromatic heterocycles. The van der Waals surface area contributed by atoms with Crippen molar-refractivity contribution < 1.29 is 0 Å². The van der Waals surface area contributed by atoms with E-state index in [1.807, 2.05) is 0 Å². The SMILES string of the molecule is ICC1CCC2CC2C1. The fourth-order valence-corrected chi connectivity index (χ4v) is 2.89. The molecule has 0 aliphatic heterocycles. The molecule has 2 aliphatic carbocycles. The molecule has 0 radical (unpaired) electrons. The lowest BCUT2D eigenvalue weighted by atomic mass is 9.91. The summed E-state index contributed by atoms with van der Waals surface area (Å²) in [6.07, 6.45) is 6.23. The summed E-state index contributed by atoms with van der Waals surface area (Å²) >= 11 is 2.54. The van der Waals surface area contributed by atoms with Gasteiger partial charge in [0.2, 0.25) is 0 Å². The van der Waals surface area contributed by atoms with E-state index in [0.717, 1.165) is 5.92 Å². The van der Waals surface area contributed by atoms with Crippen LogP contribution in [0.5, 0.6) is 0 Å². The van der Waals surface area contributed by atoms with Crippen molar-refractivity contribution in [2.45, 2.75) is 25.7 Å².